The Morgan fingerprint density at radius 1 is 0.812 bits per heavy atom. The molecule has 182 valence electrons. The molecule has 0 aliphatic heterocycles. The van der Waals surface area contributed by atoms with E-state index in [0.29, 0.717) is 19.1 Å². The van der Waals surface area contributed by atoms with Crippen molar-refractivity contribution in [2.75, 3.05) is 0 Å². The van der Waals surface area contributed by atoms with Gasteiger partial charge < -0.3 is 14.6 Å². The summed E-state index contributed by atoms with van der Waals surface area (Å²) >= 11 is 0. The molecule has 0 spiro atoms. The number of hydrogen-bond acceptors (Lipinski definition) is 4. The molecule has 1 aromatic rings. The van der Waals surface area contributed by atoms with E-state index in [2.05, 4.69) is 31.2 Å². The number of ether oxygens (including phenoxy) is 2. The molecule has 0 saturated carbocycles. The van der Waals surface area contributed by atoms with Crippen molar-refractivity contribution in [3.05, 3.63) is 35.9 Å². The quantitative estimate of drug-likeness (QED) is 0.171. The molecule has 2 atom stereocenters. The summed E-state index contributed by atoms with van der Waals surface area (Å²) in [5.41, 5.74) is 1.24. The molecular formula is C27H44O5. The molecule has 0 aliphatic carbocycles. The van der Waals surface area contributed by atoms with Gasteiger partial charge in [0.05, 0.1) is 19.1 Å². The topological polar surface area (TPSA) is 72.8 Å². The van der Waals surface area contributed by atoms with Gasteiger partial charge in [0.2, 0.25) is 0 Å². The number of carboxylic acids is 1. The highest BCUT2D eigenvalue weighted by Gasteiger charge is 2.15. The second-order valence-electron chi connectivity index (χ2n) is 8.80. The van der Waals surface area contributed by atoms with E-state index in [0.717, 1.165) is 32.1 Å². The monoisotopic (exact) mass is 448 g/mol. The van der Waals surface area contributed by atoms with E-state index < -0.39 is 18.0 Å². The number of aliphatic carboxylic acids is 1. The summed E-state index contributed by atoms with van der Waals surface area (Å²) in [5, 5.41) is 8.92. The van der Waals surface area contributed by atoms with Crippen LogP contribution in [-0.4, -0.2) is 29.3 Å². The lowest BCUT2D eigenvalue weighted by molar-refractivity contribution is -0.151. The number of benzene rings is 1. The zero-order chi connectivity index (χ0) is 23.4. The smallest absolute Gasteiger partial charge is 0.307 e. The number of hydrogen-bond donors (Lipinski definition) is 1. The van der Waals surface area contributed by atoms with Gasteiger partial charge >= 0.3 is 11.9 Å². The van der Waals surface area contributed by atoms with Crippen LogP contribution in [0.4, 0.5) is 0 Å². The molecule has 2 unspecified atom stereocenters. The predicted octanol–water partition coefficient (Wildman–Crippen LogP) is 7.07. The second-order valence-corrected chi connectivity index (χ2v) is 8.80. The van der Waals surface area contributed by atoms with E-state index in [4.69, 9.17) is 14.6 Å². The molecular weight excluding hydrogens is 404 g/mol. The van der Waals surface area contributed by atoms with Crippen LogP contribution in [0.15, 0.2) is 30.3 Å². The van der Waals surface area contributed by atoms with Crippen LogP contribution >= 0.6 is 0 Å². The van der Waals surface area contributed by atoms with Gasteiger partial charge in [0, 0.05) is 6.92 Å². The molecule has 0 aliphatic rings. The van der Waals surface area contributed by atoms with Gasteiger partial charge in [-0.25, -0.2) is 0 Å². The standard InChI is InChI=1S/C27H44O5/c1-3-4-5-13-18-25(31-22-24-16-11-10-12-17-24)19-14-8-6-7-9-15-20-26(21-27(29)30)32-23(2)28/h10-12,16-17,25-26H,3-9,13-15,18-22H2,1-2H3,(H,29,30). The summed E-state index contributed by atoms with van der Waals surface area (Å²) < 4.78 is 11.4. The Morgan fingerprint density at radius 2 is 1.34 bits per heavy atom. The van der Waals surface area contributed by atoms with Gasteiger partial charge in [-0.05, 0) is 31.2 Å². The lowest BCUT2D eigenvalue weighted by Gasteiger charge is -2.18. The van der Waals surface area contributed by atoms with Gasteiger partial charge in [0.15, 0.2) is 0 Å². The third-order valence-corrected chi connectivity index (χ3v) is 5.75. The second kappa shape index (κ2) is 18.7. The third-order valence-electron chi connectivity index (χ3n) is 5.75. The summed E-state index contributed by atoms with van der Waals surface area (Å²) in [6.45, 7) is 4.26. The lowest BCUT2D eigenvalue weighted by atomic mass is 10.0. The molecule has 0 amide bonds. The molecule has 5 heteroatoms. The average Bonchev–Trinajstić information content (AvgIpc) is 2.76. The van der Waals surface area contributed by atoms with Gasteiger partial charge in [-0.1, -0.05) is 95.0 Å². The highest BCUT2D eigenvalue weighted by atomic mass is 16.5. The first-order valence-corrected chi connectivity index (χ1v) is 12.6. The first-order chi connectivity index (χ1) is 15.5. The van der Waals surface area contributed by atoms with Crippen molar-refractivity contribution >= 4 is 11.9 Å². The molecule has 1 N–H and O–H groups in total. The van der Waals surface area contributed by atoms with Crippen molar-refractivity contribution in [1.82, 2.24) is 0 Å². The Kier molecular flexibility index (Phi) is 16.4. The molecule has 5 nitrogen and oxygen atoms in total. The normalized spacial score (nSPS) is 12.9. The number of unbranched alkanes of at least 4 members (excludes halogenated alkanes) is 8. The molecule has 0 fully saturated rings. The predicted molar refractivity (Wildman–Crippen MR) is 129 cm³/mol. The van der Waals surface area contributed by atoms with Crippen LogP contribution in [0.25, 0.3) is 0 Å². The van der Waals surface area contributed by atoms with Crippen molar-refractivity contribution in [2.24, 2.45) is 0 Å². The molecule has 0 heterocycles. The fraction of sp³-hybridized carbons (Fsp3) is 0.704. The Bertz CT molecular complexity index is 585. The van der Waals surface area contributed by atoms with E-state index in [1.54, 1.807) is 0 Å². The lowest BCUT2D eigenvalue weighted by Crippen LogP contribution is -2.20. The number of carbonyl (C=O) groups excluding carboxylic acids is 1. The summed E-state index contributed by atoms with van der Waals surface area (Å²) in [6, 6.07) is 10.4. The molecule has 1 rings (SSSR count). The van der Waals surface area contributed by atoms with E-state index in [-0.39, 0.29) is 6.42 Å². The summed E-state index contributed by atoms with van der Waals surface area (Å²) in [7, 11) is 0. The fourth-order valence-corrected chi connectivity index (χ4v) is 3.98. The van der Waals surface area contributed by atoms with Crippen LogP contribution in [0.2, 0.25) is 0 Å². The highest BCUT2D eigenvalue weighted by molar-refractivity contribution is 5.69. The highest BCUT2D eigenvalue weighted by Crippen LogP contribution is 2.18. The van der Waals surface area contributed by atoms with Crippen LogP contribution in [0.3, 0.4) is 0 Å². The minimum Gasteiger partial charge on any atom is -0.481 e. The SMILES string of the molecule is CCCCCCC(CCCCCCCCC(CC(=O)O)OC(C)=O)OCc1ccccc1. The number of rotatable bonds is 20. The first kappa shape index (κ1) is 28.2. The van der Waals surface area contributed by atoms with Crippen LogP contribution in [0.1, 0.15) is 109 Å². The number of carbonyl (C=O) groups is 2. The molecule has 0 bridgehead atoms. The molecule has 0 aromatic heterocycles. The summed E-state index contributed by atoms with van der Waals surface area (Å²) in [6.07, 6.45) is 14.3. The van der Waals surface area contributed by atoms with E-state index in [1.165, 1.54) is 57.4 Å². The van der Waals surface area contributed by atoms with E-state index in [1.807, 2.05) is 6.07 Å². The van der Waals surface area contributed by atoms with Crippen LogP contribution < -0.4 is 0 Å². The van der Waals surface area contributed by atoms with E-state index >= 15 is 0 Å². The molecule has 0 radical (unpaired) electrons. The largest absolute Gasteiger partial charge is 0.481 e. The number of esters is 1. The van der Waals surface area contributed by atoms with Crippen LogP contribution in [0.5, 0.6) is 0 Å². The molecule has 32 heavy (non-hydrogen) atoms. The van der Waals surface area contributed by atoms with Gasteiger partial charge in [-0.2, -0.15) is 0 Å². The van der Waals surface area contributed by atoms with E-state index in [9.17, 15) is 9.59 Å². The zero-order valence-corrected chi connectivity index (χ0v) is 20.2. The molecule has 0 saturated heterocycles. The summed E-state index contributed by atoms with van der Waals surface area (Å²) in [4.78, 5) is 22.0. The Labute approximate surface area is 194 Å². The third kappa shape index (κ3) is 15.9. The fourth-order valence-electron chi connectivity index (χ4n) is 3.98. The van der Waals surface area contributed by atoms with Crippen molar-refractivity contribution in [3.63, 3.8) is 0 Å². The van der Waals surface area contributed by atoms with Crippen molar-refractivity contribution in [2.45, 2.75) is 123 Å². The Morgan fingerprint density at radius 3 is 1.88 bits per heavy atom. The minimum atomic E-state index is -0.921. The van der Waals surface area contributed by atoms with Gasteiger partial charge in [0.1, 0.15) is 6.10 Å². The van der Waals surface area contributed by atoms with Gasteiger partial charge in [-0.15, -0.1) is 0 Å². The maximum Gasteiger partial charge on any atom is 0.307 e. The van der Waals surface area contributed by atoms with Gasteiger partial charge in [0.25, 0.3) is 0 Å². The van der Waals surface area contributed by atoms with Crippen LogP contribution in [0, 0.1) is 0 Å². The van der Waals surface area contributed by atoms with Crippen molar-refractivity contribution < 1.29 is 24.2 Å². The average molecular weight is 449 g/mol. The number of carboxylic acid groups (broad SMARTS) is 1. The summed E-state index contributed by atoms with van der Waals surface area (Å²) in [5.74, 6) is -1.33. The molecule has 1 aromatic carbocycles. The van der Waals surface area contributed by atoms with Crippen LogP contribution in [-0.2, 0) is 25.7 Å². The Balaban J connectivity index is 2.20. The maximum atomic E-state index is 11.1. The first-order valence-electron chi connectivity index (χ1n) is 12.6. The Hall–Kier alpha value is -1.88. The van der Waals surface area contributed by atoms with Crippen molar-refractivity contribution in [3.8, 4) is 0 Å². The minimum absolute atomic E-state index is 0.109. The van der Waals surface area contributed by atoms with Gasteiger partial charge in [-0.3, -0.25) is 9.59 Å². The zero-order valence-electron chi connectivity index (χ0n) is 20.2. The van der Waals surface area contributed by atoms with Crippen molar-refractivity contribution in [1.29, 1.82) is 0 Å². The maximum absolute atomic E-state index is 11.1.